The predicted molar refractivity (Wildman–Crippen MR) is 32.8 cm³/mol. The van der Waals surface area contributed by atoms with Gasteiger partial charge >= 0.3 is 0 Å². The smallest absolute Gasteiger partial charge is 0.245 e. The minimum atomic E-state index is -0.334. The molecule has 0 heterocycles. The minimum Gasteiger partial charge on any atom is -0.276 e. The third-order valence-electron chi connectivity index (χ3n) is 1.31. The normalized spacial score (nSPS) is 17.4. The molecule has 1 saturated carbocycles. The van der Waals surface area contributed by atoms with Crippen LogP contribution in [0, 0.1) is 0 Å². The molecule has 1 rings (SSSR count). The van der Waals surface area contributed by atoms with E-state index in [1.165, 1.54) is 18.1 Å². The minimum absolute atomic E-state index is 0.334. The molecule has 1 aliphatic carbocycles. The largest absolute Gasteiger partial charge is 0.276 e. The van der Waals surface area contributed by atoms with Crippen LogP contribution in [-0.2, 0) is 4.79 Å². The summed E-state index contributed by atoms with van der Waals surface area (Å²) in [5.74, 6) is 0. The van der Waals surface area contributed by atoms with Gasteiger partial charge in [0.2, 0.25) is 5.24 Å². The summed E-state index contributed by atoms with van der Waals surface area (Å²) in [6, 6.07) is 0. The first-order valence-corrected chi connectivity index (χ1v) is 3.06. The first-order valence-electron chi connectivity index (χ1n) is 2.68. The van der Waals surface area contributed by atoms with Crippen LogP contribution in [0.15, 0.2) is 11.6 Å². The van der Waals surface area contributed by atoms with Gasteiger partial charge in [0.1, 0.15) is 0 Å². The number of allylic oxidation sites excluding steroid dienone is 2. The lowest BCUT2D eigenvalue weighted by molar-refractivity contribution is -0.107. The molecule has 0 saturated heterocycles. The summed E-state index contributed by atoms with van der Waals surface area (Å²) < 4.78 is 0. The second-order valence-electron chi connectivity index (χ2n) is 1.96. The molecule has 0 aliphatic heterocycles. The van der Waals surface area contributed by atoms with Crippen LogP contribution in [0.25, 0.3) is 0 Å². The number of rotatable bonds is 1. The Morgan fingerprint density at radius 1 is 1.62 bits per heavy atom. The maximum Gasteiger partial charge on any atom is 0.245 e. The van der Waals surface area contributed by atoms with Crippen LogP contribution in [0.2, 0.25) is 0 Å². The van der Waals surface area contributed by atoms with Crippen LogP contribution >= 0.6 is 11.6 Å². The molecule has 1 fully saturated rings. The van der Waals surface area contributed by atoms with Crippen molar-refractivity contribution in [2.45, 2.75) is 19.3 Å². The van der Waals surface area contributed by atoms with Crippen molar-refractivity contribution in [2.75, 3.05) is 0 Å². The van der Waals surface area contributed by atoms with Gasteiger partial charge in [0.05, 0.1) is 0 Å². The molecule has 2 heteroatoms. The van der Waals surface area contributed by atoms with E-state index in [4.69, 9.17) is 11.6 Å². The highest BCUT2D eigenvalue weighted by molar-refractivity contribution is 6.66. The number of halogens is 1. The summed E-state index contributed by atoms with van der Waals surface area (Å²) in [4.78, 5) is 10.1. The Bertz CT molecular complexity index is 131. The van der Waals surface area contributed by atoms with Gasteiger partial charge in [-0.25, -0.2) is 0 Å². The maximum absolute atomic E-state index is 10.1. The summed E-state index contributed by atoms with van der Waals surface area (Å²) in [7, 11) is 0. The van der Waals surface area contributed by atoms with Gasteiger partial charge in [0.15, 0.2) is 0 Å². The Morgan fingerprint density at radius 2 is 2.25 bits per heavy atom. The second kappa shape index (κ2) is 2.31. The average molecular weight is 131 g/mol. The van der Waals surface area contributed by atoms with E-state index in [0.29, 0.717) is 0 Å². The molecule has 0 N–H and O–H groups in total. The van der Waals surface area contributed by atoms with E-state index in [0.717, 1.165) is 12.8 Å². The van der Waals surface area contributed by atoms with Gasteiger partial charge in [0, 0.05) is 0 Å². The fraction of sp³-hybridized carbons (Fsp3) is 0.500. The molecule has 0 amide bonds. The van der Waals surface area contributed by atoms with Crippen molar-refractivity contribution in [3.05, 3.63) is 11.6 Å². The van der Waals surface area contributed by atoms with Gasteiger partial charge in [0.25, 0.3) is 0 Å². The lowest BCUT2D eigenvalue weighted by Gasteiger charge is -2.13. The molecule has 1 nitrogen and oxygen atoms in total. The number of carbonyl (C=O) groups excluding carboxylic acids is 1. The molecule has 0 unspecified atom stereocenters. The lowest BCUT2D eigenvalue weighted by atomic mass is 9.92. The summed E-state index contributed by atoms with van der Waals surface area (Å²) in [5.41, 5.74) is 1.20. The van der Waals surface area contributed by atoms with Crippen molar-refractivity contribution in [1.82, 2.24) is 0 Å². The van der Waals surface area contributed by atoms with Crippen molar-refractivity contribution in [1.29, 1.82) is 0 Å². The molecular weight excluding hydrogens is 124 g/mol. The molecule has 1 aliphatic rings. The highest BCUT2D eigenvalue weighted by atomic mass is 35.5. The fourth-order valence-corrected chi connectivity index (χ4v) is 0.840. The second-order valence-corrected chi connectivity index (χ2v) is 2.33. The van der Waals surface area contributed by atoms with Crippen LogP contribution in [-0.4, -0.2) is 5.24 Å². The van der Waals surface area contributed by atoms with Gasteiger partial charge < -0.3 is 0 Å². The third kappa shape index (κ3) is 1.34. The first-order chi connectivity index (χ1) is 3.79. The molecule has 0 spiro atoms. The Hall–Kier alpha value is -0.300. The topological polar surface area (TPSA) is 17.1 Å². The highest BCUT2D eigenvalue weighted by Crippen LogP contribution is 2.24. The molecule has 0 atom stereocenters. The van der Waals surface area contributed by atoms with Gasteiger partial charge in [-0.15, -0.1) is 0 Å². The van der Waals surface area contributed by atoms with Crippen molar-refractivity contribution in [3.8, 4) is 0 Å². The van der Waals surface area contributed by atoms with E-state index in [9.17, 15) is 4.79 Å². The molecule has 0 aromatic rings. The number of hydrogen-bond donors (Lipinski definition) is 0. The zero-order valence-corrected chi connectivity index (χ0v) is 5.24. The van der Waals surface area contributed by atoms with Gasteiger partial charge in [-0.3, -0.25) is 4.79 Å². The van der Waals surface area contributed by atoms with Crippen LogP contribution in [0.1, 0.15) is 19.3 Å². The van der Waals surface area contributed by atoms with Crippen LogP contribution in [0.5, 0.6) is 0 Å². The predicted octanol–water partition coefficient (Wildman–Crippen LogP) is 1.86. The number of hydrogen-bond acceptors (Lipinski definition) is 1. The Morgan fingerprint density at radius 3 is 2.38 bits per heavy atom. The van der Waals surface area contributed by atoms with Gasteiger partial charge in [-0.1, -0.05) is 5.57 Å². The SMILES string of the molecule is O=C(Cl)C=C1CCC1. The number of carbonyl (C=O) groups is 1. The Balaban J connectivity index is 2.42. The quantitative estimate of drug-likeness (QED) is 0.391. The molecule has 0 aromatic heterocycles. The summed E-state index contributed by atoms with van der Waals surface area (Å²) in [6.45, 7) is 0. The highest BCUT2D eigenvalue weighted by Gasteiger charge is 2.08. The lowest BCUT2D eigenvalue weighted by Crippen LogP contribution is -1.97. The van der Waals surface area contributed by atoms with Crippen LogP contribution < -0.4 is 0 Å². The molecular formula is C6H7ClO. The maximum atomic E-state index is 10.1. The molecule has 44 valence electrons. The summed E-state index contributed by atoms with van der Waals surface area (Å²) >= 11 is 5.07. The first kappa shape index (κ1) is 5.83. The Labute approximate surface area is 53.3 Å². The van der Waals surface area contributed by atoms with Gasteiger partial charge in [-0.2, -0.15) is 0 Å². The summed E-state index contributed by atoms with van der Waals surface area (Å²) in [5, 5.41) is -0.334. The van der Waals surface area contributed by atoms with E-state index in [1.807, 2.05) is 0 Å². The van der Waals surface area contributed by atoms with Crippen molar-refractivity contribution in [3.63, 3.8) is 0 Å². The van der Waals surface area contributed by atoms with Gasteiger partial charge in [-0.05, 0) is 36.9 Å². The van der Waals surface area contributed by atoms with E-state index in [2.05, 4.69) is 0 Å². The van der Waals surface area contributed by atoms with E-state index in [1.54, 1.807) is 0 Å². The van der Waals surface area contributed by atoms with Crippen molar-refractivity contribution >= 4 is 16.8 Å². The fourth-order valence-electron chi connectivity index (χ4n) is 0.686. The summed E-state index contributed by atoms with van der Waals surface area (Å²) in [6.07, 6.45) is 4.87. The third-order valence-corrected chi connectivity index (χ3v) is 1.42. The average Bonchev–Trinajstić information content (AvgIpc) is 1.55. The molecule has 8 heavy (non-hydrogen) atoms. The molecule has 0 bridgehead atoms. The van der Waals surface area contributed by atoms with E-state index in [-0.39, 0.29) is 5.24 Å². The van der Waals surface area contributed by atoms with Crippen LogP contribution in [0.3, 0.4) is 0 Å². The van der Waals surface area contributed by atoms with E-state index < -0.39 is 0 Å². The zero-order chi connectivity index (χ0) is 5.98. The zero-order valence-electron chi connectivity index (χ0n) is 4.48. The van der Waals surface area contributed by atoms with E-state index >= 15 is 0 Å². The van der Waals surface area contributed by atoms with Crippen LogP contribution in [0.4, 0.5) is 0 Å². The van der Waals surface area contributed by atoms with Crippen molar-refractivity contribution < 1.29 is 4.79 Å². The van der Waals surface area contributed by atoms with Crippen molar-refractivity contribution in [2.24, 2.45) is 0 Å². The monoisotopic (exact) mass is 130 g/mol. The molecule has 0 radical (unpaired) electrons. The molecule has 0 aromatic carbocycles. The standard InChI is InChI=1S/C6H7ClO/c7-6(8)4-5-2-1-3-5/h4H,1-3H2. The Kier molecular flexibility index (Phi) is 1.69.